The van der Waals surface area contributed by atoms with Gasteiger partial charge in [0.05, 0.1) is 33.3 Å². The fraction of sp³-hybridized carbons (Fsp3) is 0.0392. The van der Waals surface area contributed by atoms with Crippen LogP contribution in [0, 0.1) is 0 Å². The third kappa shape index (κ3) is 4.87. The molecule has 1 aliphatic carbocycles. The van der Waals surface area contributed by atoms with E-state index in [-0.39, 0.29) is 0 Å². The van der Waals surface area contributed by atoms with E-state index < -0.39 is 0 Å². The van der Waals surface area contributed by atoms with Gasteiger partial charge in [-0.15, -0.1) is 0 Å². The minimum Gasteiger partial charge on any atom is -0.309 e. The van der Waals surface area contributed by atoms with Gasteiger partial charge in [-0.2, -0.15) is 15.0 Å². The van der Waals surface area contributed by atoms with Crippen molar-refractivity contribution in [3.05, 3.63) is 187 Å². The van der Waals surface area contributed by atoms with E-state index >= 15 is 0 Å². The van der Waals surface area contributed by atoms with Crippen molar-refractivity contribution in [1.82, 2.24) is 28.7 Å². The highest BCUT2D eigenvalue weighted by atomic mass is 15.3. The van der Waals surface area contributed by atoms with Crippen molar-refractivity contribution in [2.24, 2.45) is 0 Å². The second kappa shape index (κ2) is 12.5. The van der Waals surface area contributed by atoms with Crippen molar-refractivity contribution >= 4 is 60.6 Å². The van der Waals surface area contributed by atoms with Gasteiger partial charge in [0, 0.05) is 38.2 Å². The third-order valence-electron chi connectivity index (χ3n) is 11.6. The summed E-state index contributed by atoms with van der Waals surface area (Å²) in [6.07, 6.45) is 6.43. The molecule has 7 aromatic carbocycles. The van der Waals surface area contributed by atoms with Gasteiger partial charge in [0.1, 0.15) is 0 Å². The standard InChI is InChI=1S/C51H34N6/c1-2-14-33(15-3-1)34-26-28-35(29-27-34)49-52-50(56-45-23-11-6-18-39(45)40-19-7-12-24-46(40)56)54-51(53-49)57-47-25-13-8-20-41(47)42-32-36(30-31-48(42)57)55-43-21-9-4-16-37(43)38-17-5-10-22-44(38)55/h1-7,9-19,21-32H,8,20H2. The molecule has 0 N–H and O–H groups in total. The molecule has 0 amide bonds. The van der Waals surface area contributed by atoms with E-state index in [2.05, 4.69) is 190 Å². The van der Waals surface area contributed by atoms with Crippen LogP contribution in [0.4, 0.5) is 0 Å². The highest BCUT2D eigenvalue weighted by Crippen LogP contribution is 2.38. The number of nitrogens with zero attached hydrogens (tertiary/aromatic N) is 6. The van der Waals surface area contributed by atoms with Crippen LogP contribution in [-0.2, 0) is 6.42 Å². The van der Waals surface area contributed by atoms with E-state index in [1.807, 2.05) is 6.07 Å². The Morgan fingerprint density at radius 2 is 0.877 bits per heavy atom. The van der Waals surface area contributed by atoms with Gasteiger partial charge >= 0.3 is 0 Å². The maximum atomic E-state index is 5.39. The van der Waals surface area contributed by atoms with E-state index in [4.69, 9.17) is 15.0 Å². The number of aromatic nitrogens is 6. The summed E-state index contributed by atoms with van der Waals surface area (Å²) in [7, 11) is 0. The lowest BCUT2D eigenvalue weighted by Crippen LogP contribution is -2.11. The number of fused-ring (bicyclic) bond motifs is 9. The van der Waals surface area contributed by atoms with Gasteiger partial charge < -0.3 is 4.57 Å². The van der Waals surface area contributed by atoms with Crippen LogP contribution in [0.1, 0.15) is 17.7 Å². The van der Waals surface area contributed by atoms with Crippen molar-refractivity contribution < 1.29 is 0 Å². The number of hydrogen-bond acceptors (Lipinski definition) is 3. The molecule has 0 atom stereocenters. The minimum absolute atomic E-state index is 0.580. The van der Waals surface area contributed by atoms with Crippen LogP contribution in [0.3, 0.4) is 0 Å². The van der Waals surface area contributed by atoms with Crippen LogP contribution >= 0.6 is 0 Å². The number of allylic oxidation sites excluding steroid dienone is 1. The summed E-state index contributed by atoms with van der Waals surface area (Å²) in [6.45, 7) is 0. The molecule has 12 rings (SSSR count). The Morgan fingerprint density at radius 1 is 0.386 bits per heavy atom. The van der Waals surface area contributed by atoms with E-state index in [9.17, 15) is 0 Å². The summed E-state index contributed by atoms with van der Waals surface area (Å²) in [6, 6.07) is 60.3. The Hall–Kier alpha value is -7.57. The first kappa shape index (κ1) is 31.7. The smallest absolute Gasteiger partial charge is 0.240 e. The summed E-state index contributed by atoms with van der Waals surface area (Å²) >= 11 is 0. The molecule has 0 fully saturated rings. The first-order valence-corrected chi connectivity index (χ1v) is 19.5. The fourth-order valence-electron chi connectivity index (χ4n) is 9.04. The predicted molar refractivity (Wildman–Crippen MR) is 234 cm³/mol. The molecule has 6 heteroatoms. The van der Waals surface area contributed by atoms with Crippen molar-refractivity contribution in [3.63, 3.8) is 0 Å². The Balaban J connectivity index is 1.11. The molecule has 6 nitrogen and oxygen atoms in total. The number of aryl methyl sites for hydroxylation is 1. The fourth-order valence-corrected chi connectivity index (χ4v) is 9.04. The zero-order valence-electron chi connectivity index (χ0n) is 30.9. The number of rotatable bonds is 5. The number of hydrogen-bond donors (Lipinski definition) is 0. The Labute approximate surface area is 328 Å². The second-order valence-electron chi connectivity index (χ2n) is 14.8. The molecule has 268 valence electrons. The molecule has 0 radical (unpaired) electrons. The molecule has 11 aromatic rings. The number of benzene rings is 7. The monoisotopic (exact) mass is 730 g/mol. The van der Waals surface area contributed by atoms with E-state index in [1.165, 1.54) is 38.3 Å². The van der Waals surface area contributed by atoms with Gasteiger partial charge in [-0.1, -0.05) is 133 Å². The first-order chi connectivity index (χ1) is 28.3. The van der Waals surface area contributed by atoms with Crippen molar-refractivity contribution in [2.45, 2.75) is 12.8 Å². The summed E-state index contributed by atoms with van der Waals surface area (Å²) in [5.41, 5.74) is 12.4. The quantitative estimate of drug-likeness (QED) is 0.177. The van der Waals surface area contributed by atoms with Gasteiger partial charge in [0.25, 0.3) is 0 Å². The van der Waals surface area contributed by atoms with Gasteiger partial charge in [0.15, 0.2) is 5.82 Å². The third-order valence-corrected chi connectivity index (χ3v) is 11.6. The zero-order chi connectivity index (χ0) is 37.5. The van der Waals surface area contributed by atoms with Crippen LogP contribution < -0.4 is 0 Å². The number of para-hydroxylation sites is 4. The maximum Gasteiger partial charge on any atom is 0.240 e. The molecular formula is C51H34N6. The molecule has 4 heterocycles. The molecule has 57 heavy (non-hydrogen) atoms. The highest BCUT2D eigenvalue weighted by Gasteiger charge is 2.24. The normalized spacial score (nSPS) is 12.7. The average molecular weight is 731 g/mol. The molecule has 1 aliphatic rings. The summed E-state index contributed by atoms with van der Waals surface area (Å²) < 4.78 is 6.83. The van der Waals surface area contributed by atoms with E-state index in [0.29, 0.717) is 17.7 Å². The minimum atomic E-state index is 0.580. The first-order valence-electron chi connectivity index (χ1n) is 19.5. The zero-order valence-corrected chi connectivity index (χ0v) is 30.9. The largest absolute Gasteiger partial charge is 0.309 e. The summed E-state index contributed by atoms with van der Waals surface area (Å²) in [5, 5.41) is 6.04. The van der Waals surface area contributed by atoms with Crippen molar-refractivity contribution in [3.8, 4) is 40.1 Å². The SMILES string of the molecule is C1=Cc2c(c3cc(-n4c5ccccc5c5ccccc54)ccc3n2-c2nc(-c3ccc(-c4ccccc4)cc3)nc(-n3c4ccccc4c4ccccc43)n2)CC1. The molecular weight excluding hydrogens is 697 g/mol. The van der Waals surface area contributed by atoms with Crippen molar-refractivity contribution in [2.75, 3.05) is 0 Å². The highest BCUT2D eigenvalue weighted by molar-refractivity contribution is 6.10. The lowest BCUT2D eigenvalue weighted by atomic mass is 10.0. The second-order valence-corrected chi connectivity index (χ2v) is 14.8. The van der Waals surface area contributed by atoms with Gasteiger partial charge in [-0.05, 0) is 78.1 Å². The Kier molecular flexibility index (Phi) is 6.95. The Bertz CT molecular complexity index is 3290. The molecule has 0 unspecified atom stereocenters. The molecule has 0 bridgehead atoms. The molecule has 0 saturated carbocycles. The van der Waals surface area contributed by atoms with Crippen LogP contribution in [0.2, 0.25) is 0 Å². The van der Waals surface area contributed by atoms with Gasteiger partial charge in [-0.3, -0.25) is 9.13 Å². The molecule has 0 saturated heterocycles. The van der Waals surface area contributed by atoms with E-state index in [0.717, 1.165) is 62.7 Å². The summed E-state index contributed by atoms with van der Waals surface area (Å²) in [5.74, 6) is 1.79. The summed E-state index contributed by atoms with van der Waals surface area (Å²) in [4.78, 5) is 16.0. The maximum absolute atomic E-state index is 5.39. The molecule has 0 spiro atoms. The molecule has 4 aromatic heterocycles. The average Bonchev–Trinajstić information content (AvgIpc) is 3.92. The van der Waals surface area contributed by atoms with Crippen molar-refractivity contribution in [1.29, 1.82) is 0 Å². The van der Waals surface area contributed by atoms with E-state index in [1.54, 1.807) is 0 Å². The lowest BCUT2D eigenvalue weighted by Gasteiger charge is -2.14. The van der Waals surface area contributed by atoms with Gasteiger partial charge in [0.2, 0.25) is 11.9 Å². The van der Waals surface area contributed by atoms with Crippen LogP contribution in [-0.4, -0.2) is 28.7 Å². The van der Waals surface area contributed by atoms with Crippen LogP contribution in [0.5, 0.6) is 0 Å². The van der Waals surface area contributed by atoms with Gasteiger partial charge in [-0.25, -0.2) is 0 Å². The van der Waals surface area contributed by atoms with Crippen LogP contribution in [0.15, 0.2) is 176 Å². The predicted octanol–water partition coefficient (Wildman–Crippen LogP) is 12.3. The topological polar surface area (TPSA) is 53.5 Å². The van der Waals surface area contributed by atoms with Crippen LogP contribution in [0.25, 0.3) is 101 Å². The molecule has 0 aliphatic heterocycles. The Morgan fingerprint density at radius 3 is 1.49 bits per heavy atom. The lowest BCUT2D eigenvalue weighted by molar-refractivity contribution is 0.867.